The van der Waals surface area contributed by atoms with Gasteiger partial charge < -0.3 is 30.7 Å². The van der Waals surface area contributed by atoms with Gasteiger partial charge in [0.1, 0.15) is 17.5 Å². The largest absolute Gasteiger partial charge is 0.507 e. The van der Waals surface area contributed by atoms with Crippen LogP contribution in [0.15, 0.2) is 54.7 Å². The van der Waals surface area contributed by atoms with E-state index in [1.165, 1.54) is 12.8 Å². The molecule has 6 heterocycles. The van der Waals surface area contributed by atoms with Gasteiger partial charge in [0.05, 0.1) is 47.5 Å². The number of aryl methyl sites for hydroxylation is 1. The number of ether oxygens (including phenoxy) is 1. The SMILES string of the molecule is Nc1nnc(-c2ccccc2O)cc1N1CCC2(CC1)CN(C(=O)CCCCCCCCCCCn1cc(CNc3cccc4c3C(=O)N(C3CCC(=O)NC3=O)C4=O)nn1)CCO2. The van der Waals surface area contributed by atoms with Crippen LogP contribution in [-0.2, 0) is 32.2 Å². The summed E-state index contributed by atoms with van der Waals surface area (Å²) in [4.78, 5) is 69.0. The lowest BCUT2D eigenvalue weighted by molar-refractivity contribution is -0.154. The van der Waals surface area contributed by atoms with Crippen LogP contribution in [0.3, 0.4) is 0 Å². The number of unbranched alkanes of at least 4 members (excludes halogenated alkanes) is 8. The van der Waals surface area contributed by atoms with Crippen molar-refractivity contribution in [3.05, 3.63) is 71.5 Å². The number of imide groups is 2. The number of nitrogens with two attached hydrogens (primary N) is 1. The molecule has 0 bridgehead atoms. The van der Waals surface area contributed by atoms with Crippen molar-refractivity contribution in [2.75, 3.05) is 48.7 Å². The number of anilines is 3. The minimum atomic E-state index is -1.02. The molecule has 1 spiro atoms. The van der Waals surface area contributed by atoms with E-state index in [1.54, 1.807) is 36.4 Å². The lowest BCUT2D eigenvalue weighted by Gasteiger charge is -2.47. The minimum Gasteiger partial charge on any atom is -0.507 e. The zero-order valence-electron chi connectivity index (χ0n) is 36.2. The zero-order valence-corrected chi connectivity index (χ0v) is 36.2. The number of para-hydroxylation sites is 1. The summed E-state index contributed by atoms with van der Waals surface area (Å²) in [5, 5.41) is 32.7. The van der Waals surface area contributed by atoms with Gasteiger partial charge in [-0.1, -0.05) is 68.4 Å². The number of fused-ring (bicyclic) bond motifs is 1. The number of phenols is 1. The van der Waals surface area contributed by atoms with Crippen molar-refractivity contribution in [1.29, 1.82) is 0 Å². The number of piperidine rings is 2. The summed E-state index contributed by atoms with van der Waals surface area (Å²) in [6.45, 7) is 4.26. The average molecular weight is 876 g/mol. The van der Waals surface area contributed by atoms with Gasteiger partial charge >= 0.3 is 0 Å². The van der Waals surface area contributed by atoms with E-state index in [-0.39, 0.29) is 41.2 Å². The van der Waals surface area contributed by atoms with Gasteiger partial charge in [0.25, 0.3) is 11.8 Å². The van der Waals surface area contributed by atoms with E-state index in [9.17, 15) is 29.1 Å². The summed E-state index contributed by atoms with van der Waals surface area (Å²) < 4.78 is 8.16. The molecule has 64 heavy (non-hydrogen) atoms. The number of nitrogen functional groups attached to an aromatic ring is 1. The first-order chi connectivity index (χ1) is 31.1. The lowest BCUT2D eigenvalue weighted by Crippen LogP contribution is -2.58. The van der Waals surface area contributed by atoms with E-state index in [0.29, 0.717) is 74.2 Å². The Balaban J connectivity index is 0.674. The smallest absolute Gasteiger partial charge is 0.264 e. The second-order valence-corrected chi connectivity index (χ2v) is 17.3. The molecule has 3 saturated heterocycles. The molecular formula is C46H57N11O7. The zero-order chi connectivity index (χ0) is 44.6. The Morgan fingerprint density at radius 1 is 0.875 bits per heavy atom. The van der Waals surface area contributed by atoms with Gasteiger partial charge in [0.2, 0.25) is 17.7 Å². The van der Waals surface area contributed by atoms with E-state index in [2.05, 4.69) is 36.0 Å². The Labute approximate surface area is 371 Å². The number of carbonyl (C=O) groups is 5. The highest BCUT2D eigenvalue weighted by Crippen LogP contribution is 2.37. The quantitative estimate of drug-likeness (QED) is 0.0775. The number of aromatic nitrogens is 5. The van der Waals surface area contributed by atoms with E-state index in [4.69, 9.17) is 10.5 Å². The van der Waals surface area contributed by atoms with Crippen LogP contribution < -0.4 is 21.3 Å². The molecule has 0 radical (unpaired) electrons. The molecule has 0 saturated carbocycles. The maximum atomic E-state index is 13.4. The van der Waals surface area contributed by atoms with Gasteiger partial charge in [0.15, 0.2) is 5.82 Å². The third-order valence-electron chi connectivity index (χ3n) is 12.9. The fourth-order valence-corrected chi connectivity index (χ4v) is 9.30. The minimum absolute atomic E-state index is 0.0640. The molecule has 18 nitrogen and oxygen atoms in total. The highest BCUT2D eigenvalue weighted by molar-refractivity contribution is 6.25. The molecule has 5 amide bonds. The molecule has 3 fully saturated rings. The van der Waals surface area contributed by atoms with Crippen LogP contribution in [0, 0.1) is 0 Å². The summed E-state index contributed by atoms with van der Waals surface area (Å²) >= 11 is 0. The lowest BCUT2D eigenvalue weighted by atomic mass is 9.89. The third-order valence-corrected chi connectivity index (χ3v) is 12.9. The highest BCUT2D eigenvalue weighted by atomic mass is 16.5. The number of amides is 5. The average Bonchev–Trinajstić information content (AvgIpc) is 3.86. The van der Waals surface area contributed by atoms with Gasteiger partial charge in [-0.2, -0.15) is 0 Å². The van der Waals surface area contributed by atoms with Crippen molar-refractivity contribution in [3.8, 4) is 17.0 Å². The Bertz CT molecular complexity index is 2360. The van der Waals surface area contributed by atoms with E-state index in [0.717, 1.165) is 74.9 Å². The Morgan fingerprint density at radius 2 is 1.61 bits per heavy atom. The van der Waals surface area contributed by atoms with Gasteiger partial charge in [-0.15, -0.1) is 15.3 Å². The molecule has 0 aliphatic carbocycles. The molecular weight excluding hydrogens is 819 g/mol. The van der Waals surface area contributed by atoms with Crippen molar-refractivity contribution >= 4 is 46.7 Å². The van der Waals surface area contributed by atoms with Gasteiger partial charge in [0, 0.05) is 56.8 Å². The fraction of sp³-hybridized carbons (Fsp3) is 0.500. The number of carbonyl (C=O) groups excluding carboxylic acids is 5. The van der Waals surface area contributed by atoms with Crippen LogP contribution in [0.1, 0.15) is 116 Å². The monoisotopic (exact) mass is 875 g/mol. The molecule has 4 aliphatic heterocycles. The first-order valence-corrected chi connectivity index (χ1v) is 22.6. The topological polar surface area (TPSA) is 231 Å². The predicted molar refractivity (Wildman–Crippen MR) is 237 cm³/mol. The molecule has 8 rings (SSSR count). The summed E-state index contributed by atoms with van der Waals surface area (Å²) in [7, 11) is 0. The van der Waals surface area contributed by atoms with Crippen molar-refractivity contribution < 1.29 is 33.8 Å². The van der Waals surface area contributed by atoms with E-state index in [1.807, 2.05) is 27.9 Å². The van der Waals surface area contributed by atoms with Crippen molar-refractivity contribution in [1.82, 2.24) is 40.3 Å². The number of hydrogen-bond acceptors (Lipinski definition) is 14. The standard InChI is InChI=1S/C46H57N11O7/c47-42-37(27-35(51-52-42)32-13-9-10-16-38(32)58)54-23-20-46(21-24-54)30-55(25-26-64-46)40(60)17-8-6-4-2-1-3-5-7-11-22-56-29-31(50-53-56)28-48-34-15-12-14-33-41(34)45(63)57(44(33)62)36-18-19-39(59)49-43(36)61/h9-10,12-16,27,29,36,48,58H,1-8,11,17-26,28,30H2,(H2,47,52)(H,49,59,61). The summed E-state index contributed by atoms with van der Waals surface area (Å²) in [5.74, 6) is -1.46. The maximum Gasteiger partial charge on any atom is 0.264 e. The van der Waals surface area contributed by atoms with Crippen LogP contribution in [0.2, 0.25) is 0 Å². The summed E-state index contributed by atoms with van der Waals surface area (Å²) in [6.07, 6.45) is 13.9. The Hall–Kier alpha value is -6.43. The van der Waals surface area contributed by atoms with Gasteiger partial charge in [-0.25, -0.2) is 0 Å². The van der Waals surface area contributed by atoms with Gasteiger partial charge in [-0.3, -0.25) is 38.9 Å². The van der Waals surface area contributed by atoms with Crippen molar-refractivity contribution in [2.24, 2.45) is 0 Å². The van der Waals surface area contributed by atoms with Crippen LogP contribution in [0.5, 0.6) is 5.75 Å². The number of hydrogen-bond donors (Lipinski definition) is 4. The van der Waals surface area contributed by atoms with Gasteiger partial charge in [-0.05, 0) is 62.4 Å². The number of nitrogens with zero attached hydrogens (tertiary/aromatic N) is 8. The number of benzene rings is 2. The Morgan fingerprint density at radius 3 is 2.38 bits per heavy atom. The van der Waals surface area contributed by atoms with Crippen molar-refractivity contribution in [3.63, 3.8) is 0 Å². The summed E-state index contributed by atoms with van der Waals surface area (Å²) in [5.41, 5.74) is 9.45. The maximum absolute atomic E-state index is 13.4. The Kier molecular flexibility index (Phi) is 13.8. The van der Waals surface area contributed by atoms with Crippen molar-refractivity contribution in [2.45, 2.75) is 115 Å². The van der Waals surface area contributed by atoms with E-state index >= 15 is 0 Å². The molecule has 2 aromatic carbocycles. The molecule has 338 valence electrons. The highest BCUT2D eigenvalue weighted by Gasteiger charge is 2.46. The normalized spacial score (nSPS) is 18.4. The number of nitrogens with one attached hydrogen (secondary N) is 2. The number of phenolic OH excluding ortho intramolecular Hbond substituents is 1. The molecule has 4 aliphatic rings. The first-order valence-electron chi connectivity index (χ1n) is 22.6. The molecule has 4 aromatic rings. The molecule has 1 unspecified atom stereocenters. The second-order valence-electron chi connectivity index (χ2n) is 17.3. The molecule has 18 heteroatoms. The first kappa shape index (κ1) is 44.2. The third kappa shape index (κ3) is 10.0. The summed E-state index contributed by atoms with van der Waals surface area (Å²) in [6, 6.07) is 12.9. The molecule has 2 aromatic heterocycles. The van der Waals surface area contributed by atoms with E-state index < -0.39 is 29.7 Å². The number of morpholine rings is 1. The van der Waals surface area contributed by atoms with Crippen LogP contribution in [0.25, 0.3) is 11.3 Å². The van der Waals surface area contributed by atoms with Crippen LogP contribution in [0.4, 0.5) is 17.2 Å². The predicted octanol–water partition coefficient (Wildman–Crippen LogP) is 4.84. The number of rotatable bonds is 18. The van der Waals surface area contributed by atoms with Crippen LogP contribution in [-0.4, -0.2) is 114 Å². The van der Waals surface area contributed by atoms with Crippen LogP contribution >= 0.6 is 0 Å². The molecule has 5 N–H and O–H groups in total. The number of aromatic hydroxyl groups is 1. The fourth-order valence-electron chi connectivity index (χ4n) is 9.30. The molecule has 1 atom stereocenters. The second kappa shape index (κ2) is 20.0.